The predicted octanol–water partition coefficient (Wildman–Crippen LogP) is 6.31. The Hall–Kier alpha value is -4.09. The number of nitriles is 1. The number of aromatic amines is 1. The number of amides is 1. The highest BCUT2D eigenvalue weighted by Crippen LogP contribution is 2.35. The van der Waals surface area contributed by atoms with Gasteiger partial charge in [-0.05, 0) is 54.8 Å². The fourth-order valence-corrected chi connectivity index (χ4v) is 4.30. The van der Waals surface area contributed by atoms with Crippen LogP contribution in [-0.2, 0) is 17.8 Å². The first-order chi connectivity index (χ1) is 18.0. The summed E-state index contributed by atoms with van der Waals surface area (Å²) >= 11 is 3.48. The van der Waals surface area contributed by atoms with Crippen LogP contribution in [0.25, 0.3) is 17.0 Å². The molecule has 0 spiro atoms. The van der Waals surface area contributed by atoms with Crippen molar-refractivity contribution in [3.8, 4) is 17.6 Å². The summed E-state index contributed by atoms with van der Waals surface area (Å²) in [5, 5.41) is 13.6. The van der Waals surface area contributed by atoms with Crippen LogP contribution >= 0.6 is 15.9 Å². The van der Waals surface area contributed by atoms with Crippen molar-refractivity contribution in [2.45, 2.75) is 20.0 Å². The minimum atomic E-state index is -0.466. The number of aromatic nitrogens is 1. The molecule has 0 aliphatic rings. The van der Waals surface area contributed by atoms with Gasteiger partial charge in [0.2, 0.25) is 0 Å². The lowest BCUT2D eigenvalue weighted by Crippen LogP contribution is -2.26. The van der Waals surface area contributed by atoms with E-state index in [2.05, 4.69) is 26.2 Å². The summed E-state index contributed by atoms with van der Waals surface area (Å²) in [5.74, 6) is 0.0154. The molecule has 0 saturated heterocycles. The van der Waals surface area contributed by atoms with Crippen LogP contribution < -0.4 is 14.8 Å². The number of carbonyl (C=O) groups is 1. The average Bonchev–Trinajstić information content (AvgIpc) is 3.31. The normalized spacial score (nSPS) is 11.2. The van der Waals surface area contributed by atoms with Gasteiger partial charge >= 0.3 is 0 Å². The Morgan fingerprint density at radius 2 is 1.86 bits per heavy atom. The van der Waals surface area contributed by atoms with E-state index in [1.54, 1.807) is 30.3 Å². The molecule has 0 aliphatic heterocycles. The summed E-state index contributed by atoms with van der Waals surface area (Å²) in [6, 6.07) is 19.7. The minimum Gasteiger partial charge on any atom is -0.490 e. The molecule has 37 heavy (non-hydrogen) atoms. The molecule has 0 saturated carbocycles. The van der Waals surface area contributed by atoms with Crippen LogP contribution in [0.1, 0.15) is 23.6 Å². The zero-order valence-electron chi connectivity index (χ0n) is 20.2. The van der Waals surface area contributed by atoms with E-state index >= 15 is 0 Å². The van der Waals surface area contributed by atoms with E-state index in [4.69, 9.17) is 9.47 Å². The van der Waals surface area contributed by atoms with Gasteiger partial charge in [-0.15, -0.1) is 0 Å². The lowest BCUT2D eigenvalue weighted by Gasteiger charge is -2.14. The van der Waals surface area contributed by atoms with Crippen molar-refractivity contribution in [1.29, 1.82) is 5.26 Å². The van der Waals surface area contributed by atoms with E-state index in [0.717, 1.165) is 16.5 Å². The first-order valence-corrected chi connectivity index (χ1v) is 12.6. The van der Waals surface area contributed by atoms with Crippen LogP contribution in [0.3, 0.4) is 0 Å². The maximum absolute atomic E-state index is 14.0. The van der Waals surface area contributed by atoms with Gasteiger partial charge in [0, 0.05) is 33.7 Å². The monoisotopic (exact) mass is 561 g/mol. The quantitative estimate of drug-likeness (QED) is 0.175. The number of nitrogens with one attached hydrogen (secondary N) is 2. The lowest BCUT2D eigenvalue weighted by molar-refractivity contribution is -0.117. The molecule has 1 heterocycles. The summed E-state index contributed by atoms with van der Waals surface area (Å²) in [7, 11) is 0. The van der Waals surface area contributed by atoms with E-state index in [0.29, 0.717) is 46.7 Å². The highest BCUT2D eigenvalue weighted by molar-refractivity contribution is 9.10. The van der Waals surface area contributed by atoms with Crippen LogP contribution in [0.5, 0.6) is 11.5 Å². The van der Waals surface area contributed by atoms with Gasteiger partial charge in [-0.2, -0.15) is 5.26 Å². The molecule has 4 aromatic rings. The predicted molar refractivity (Wildman–Crippen MR) is 145 cm³/mol. The molecule has 6 nitrogen and oxygen atoms in total. The van der Waals surface area contributed by atoms with Crippen molar-refractivity contribution >= 4 is 38.8 Å². The molecule has 0 aliphatic carbocycles. The number of benzene rings is 3. The molecule has 0 bridgehead atoms. The molecule has 1 amide bonds. The number of hydrogen-bond acceptors (Lipinski definition) is 4. The van der Waals surface area contributed by atoms with Crippen LogP contribution in [-0.4, -0.2) is 24.0 Å². The highest BCUT2D eigenvalue weighted by Gasteiger charge is 2.15. The van der Waals surface area contributed by atoms with E-state index in [1.165, 1.54) is 12.1 Å². The van der Waals surface area contributed by atoms with Crippen LogP contribution in [0.2, 0.25) is 0 Å². The summed E-state index contributed by atoms with van der Waals surface area (Å²) in [4.78, 5) is 16.0. The number of nitrogens with zero attached hydrogens (tertiary/aromatic N) is 1. The van der Waals surface area contributed by atoms with E-state index in [9.17, 15) is 14.4 Å². The van der Waals surface area contributed by atoms with Gasteiger partial charge in [-0.25, -0.2) is 4.39 Å². The Labute approximate surface area is 222 Å². The number of halogens is 2. The zero-order chi connectivity index (χ0) is 26.2. The third kappa shape index (κ3) is 6.38. The fourth-order valence-electron chi connectivity index (χ4n) is 3.86. The van der Waals surface area contributed by atoms with Crippen molar-refractivity contribution in [3.63, 3.8) is 0 Å². The zero-order valence-corrected chi connectivity index (χ0v) is 21.8. The van der Waals surface area contributed by atoms with Crippen LogP contribution in [0.4, 0.5) is 4.39 Å². The Morgan fingerprint density at radius 1 is 1.11 bits per heavy atom. The molecule has 188 valence electrons. The number of ether oxygens (including phenoxy) is 2. The SMILES string of the molecule is CCOc1cc(/C=C(/C#N)C(=O)NCCc2c[nH]c3ccccc23)c(Br)cc1OCc1ccccc1F. The number of fused-ring (bicyclic) bond motifs is 1. The standard InChI is InChI=1S/C29H25BrFN3O3/c1-2-36-27-14-21(24(30)15-28(27)37-18-20-7-3-5-9-25(20)31)13-22(16-32)29(35)33-12-11-19-17-34-26-10-6-4-8-23(19)26/h3-10,13-15,17,34H,2,11-12,18H2,1H3,(H,33,35)/b22-13-. The molecule has 0 fully saturated rings. The van der Waals surface area contributed by atoms with Crippen molar-refractivity contribution in [2.75, 3.05) is 13.2 Å². The summed E-state index contributed by atoms with van der Waals surface area (Å²) in [5.41, 5.74) is 3.08. The van der Waals surface area contributed by atoms with Crippen LogP contribution in [0.15, 0.2) is 76.9 Å². The molecule has 8 heteroatoms. The van der Waals surface area contributed by atoms with Crippen molar-refractivity contribution in [3.05, 3.63) is 99.4 Å². The smallest absolute Gasteiger partial charge is 0.261 e. The maximum atomic E-state index is 14.0. The number of carbonyl (C=O) groups excluding carboxylic acids is 1. The van der Waals surface area contributed by atoms with Gasteiger partial charge in [0.25, 0.3) is 5.91 Å². The highest BCUT2D eigenvalue weighted by atomic mass is 79.9. The van der Waals surface area contributed by atoms with E-state index in [1.807, 2.05) is 43.5 Å². The topological polar surface area (TPSA) is 87.1 Å². The molecular formula is C29H25BrFN3O3. The number of para-hydroxylation sites is 1. The Kier molecular flexibility index (Phi) is 8.60. The third-order valence-electron chi connectivity index (χ3n) is 5.72. The number of hydrogen-bond donors (Lipinski definition) is 2. The van der Waals surface area contributed by atoms with Gasteiger partial charge in [0.1, 0.15) is 24.1 Å². The van der Waals surface area contributed by atoms with E-state index < -0.39 is 5.91 Å². The molecule has 1 aromatic heterocycles. The maximum Gasteiger partial charge on any atom is 0.261 e. The molecular weight excluding hydrogens is 537 g/mol. The number of rotatable bonds is 10. The molecule has 4 rings (SSSR count). The van der Waals surface area contributed by atoms with Gasteiger partial charge in [0.05, 0.1) is 6.61 Å². The lowest BCUT2D eigenvalue weighted by atomic mass is 10.1. The number of H-pyrrole nitrogens is 1. The summed E-state index contributed by atoms with van der Waals surface area (Å²) in [6.45, 7) is 2.62. The van der Waals surface area contributed by atoms with Crippen molar-refractivity contribution < 1.29 is 18.7 Å². The second-order valence-corrected chi connectivity index (χ2v) is 9.02. The Morgan fingerprint density at radius 3 is 2.65 bits per heavy atom. The Bertz CT molecular complexity index is 1490. The van der Waals surface area contributed by atoms with E-state index in [-0.39, 0.29) is 18.0 Å². The summed E-state index contributed by atoms with van der Waals surface area (Å²) < 4.78 is 26.1. The van der Waals surface area contributed by atoms with Gasteiger partial charge in [0.15, 0.2) is 11.5 Å². The molecule has 2 N–H and O–H groups in total. The van der Waals surface area contributed by atoms with Crippen LogP contribution in [0, 0.1) is 17.1 Å². The average molecular weight is 562 g/mol. The Balaban J connectivity index is 1.47. The second kappa shape index (κ2) is 12.2. The molecule has 0 atom stereocenters. The van der Waals surface area contributed by atoms with Crippen molar-refractivity contribution in [2.24, 2.45) is 0 Å². The third-order valence-corrected chi connectivity index (χ3v) is 6.41. The largest absolute Gasteiger partial charge is 0.490 e. The molecule has 3 aromatic carbocycles. The summed E-state index contributed by atoms with van der Waals surface area (Å²) in [6.07, 6.45) is 4.05. The first kappa shape index (κ1) is 26.0. The van der Waals surface area contributed by atoms with Gasteiger partial charge < -0.3 is 19.8 Å². The fraction of sp³-hybridized carbons (Fsp3) is 0.172. The second-order valence-electron chi connectivity index (χ2n) is 8.17. The van der Waals surface area contributed by atoms with Crippen molar-refractivity contribution in [1.82, 2.24) is 10.3 Å². The van der Waals surface area contributed by atoms with Gasteiger partial charge in [-0.1, -0.05) is 52.3 Å². The molecule has 0 unspecified atom stereocenters. The van der Waals surface area contributed by atoms with Gasteiger partial charge in [-0.3, -0.25) is 4.79 Å². The first-order valence-electron chi connectivity index (χ1n) is 11.8. The molecule has 0 radical (unpaired) electrons. The minimum absolute atomic E-state index is 0.0245.